The largest absolute Gasteiger partial charge is 0.379 e. The highest BCUT2D eigenvalue weighted by Crippen LogP contribution is 2.13. The van der Waals surface area contributed by atoms with Crippen LogP contribution in [-0.4, -0.2) is 80.7 Å². The molecule has 31 heavy (non-hydrogen) atoms. The average Bonchev–Trinajstić information content (AvgIpc) is 2.75. The third-order valence-electron chi connectivity index (χ3n) is 5.36. The zero-order valence-electron chi connectivity index (χ0n) is 19.8. The van der Waals surface area contributed by atoms with Crippen LogP contribution in [0.1, 0.15) is 45.1 Å². The Morgan fingerprint density at radius 3 is 2.55 bits per heavy atom. The molecule has 1 saturated heterocycles. The van der Waals surface area contributed by atoms with E-state index in [4.69, 9.17) is 4.74 Å². The van der Waals surface area contributed by atoms with Gasteiger partial charge in [0.25, 0.3) is 0 Å². The molecule has 0 bridgehead atoms. The summed E-state index contributed by atoms with van der Waals surface area (Å²) >= 11 is 0. The second-order valence-corrected chi connectivity index (χ2v) is 8.69. The number of ether oxygens (including phenoxy) is 1. The van der Waals surface area contributed by atoms with Crippen molar-refractivity contribution in [1.82, 2.24) is 20.4 Å². The first-order valence-electron chi connectivity index (χ1n) is 11.6. The number of nitrogens with one attached hydrogen (secondary N) is 2. The van der Waals surface area contributed by atoms with Gasteiger partial charge in [-0.15, -0.1) is 0 Å². The molecule has 7 nitrogen and oxygen atoms in total. The molecule has 1 aromatic rings. The molecule has 0 aromatic heterocycles. The fourth-order valence-electron chi connectivity index (χ4n) is 3.46. The van der Waals surface area contributed by atoms with E-state index in [1.807, 2.05) is 0 Å². The van der Waals surface area contributed by atoms with Crippen molar-refractivity contribution >= 4 is 11.9 Å². The number of benzene rings is 1. The maximum Gasteiger partial charge on any atom is 0.243 e. The summed E-state index contributed by atoms with van der Waals surface area (Å²) in [5, 5.41) is 6.95. The molecule has 0 radical (unpaired) electrons. The lowest BCUT2D eigenvalue weighted by atomic mass is 10.0. The third kappa shape index (κ3) is 10.6. The summed E-state index contributed by atoms with van der Waals surface area (Å²) in [7, 11) is 3.52. The summed E-state index contributed by atoms with van der Waals surface area (Å²) in [6, 6.07) is 11.0. The van der Waals surface area contributed by atoms with Crippen LogP contribution >= 0.6 is 0 Å². The molecular weight excluding hydrogens is 390 g/mol. The molecule has 1 heterocycles. The van der Waals surface area contributed by atoms with Crippen molar-refractivity contribution in [3.05, 3.63) is 35.9 Å². The Kier molecular flexibility index (Phi) is 11.4. The predicted molar refractivity (Wildman–Crippen MR) is 127 cm³/mol. The van der Waals surface area contributed by atoms with Gasteiger partial charge in [0.15, 0.2) is 5.96 Å². The van der Waals surface area contributed by atoms with Gasteiger partial charge in [0.2, 0.25) is 5.91 Å². The van der Waals surface area contributed by atoms with Gasteiger partial charge < -0.3 is 20.3 Å². The van der Waals surface area contributed by atoms with Crippen LogP contribution in [0.4, 0.5) is 0 Å². The number of nitrogens with zero attached hydrogens (tertiary/aromatic N) is 3. The molecule has 1 amide bonds. The van der Waals surface area contributed by atoms with Gasteiger partial charge in [0.05, 0.1) is 6.10 Å². The van der Waals surface area contributed by atoms with E-state index in [-0.39, 0.29) is 18.6 Å². The number of carbonyl (C=O) groups is 1. The van der Waals surface area contributed by atoms with Crippen molar-refractivity contribution in [1.29, 1.82) is 0 Å². The monoisotopic (exact) mass is 431 g/mol. The van der Waals surface area contributed by atoms with Crippen LogP contribution in [0.2, 0.25) is 0 Å². The van der Waals surface area contributed by atoms with Crippen molar-refractivity contribution in [3.8, 4) is 0 Å². The van der Waals surface area contributed by atoms with Crippen LogP contribution < -0.4 is 10.6 Å². The normalized spacial score (nSPS) is 15.8. The number of likely N-dealkylation sites (N-methyl/N-ethyl adjacent to an activating group) is 1. The Labute approximate surface area is 188 Å². The number of rotatable bonds is 11. The molecule has 0 unspecified atom stereocenters. The zero-order valence-corrected chi connectivity index (χ0v) is 19.8. The number of aliphatic imine (C=N–C) groups is 1. The minimum atomic E-state index is 0.00381. The Bertz CT molecular complexity index is 655. The Morgan fingerprint density at radius 2 is 1.90 bits per heavy atom. The molecule has 1 aliphatic rings. The minimum absolute atomic E-state index is 0.00381. The van der Waals surface area contributed by atoms with Crippen LogP contribution in [0.5, 0.6) is 0 Å². The van der Waals surface area contributed by atoms with Gasteiger partial charge in [-0.2, -0.15) is 0 Å². The van der Waals surface area contributed by atoms with Crippen LogP contribution in [0.15, 0.2) is 35.3 Å². The van der Waals surface area contributed by atoms with Crippen molar-refractivity contribution in [2.24, 2.45) is 4.99 Å². The molecular formula is C24H41N5O2. The molecule has 1 fully saturated rings. The fourth-order valence-corrected chi connectivity index (χ4v) is 3.46. The van der Waals surface area contributed by atoms with Crippen LogP contribution in [-0.2, 0) is 16.1 Å². The van der Waals surface area contributed by atoms with Gasteiger partial charge in [-0.25, -0.2) is 4.99 Å². The number of unbranched alkanes of at least 4 members (excludes halogenated alkanes) is 1. The highest BCUT2D eigenvalue weighted by atomic mass is 16.5. The van der Waals surface area contributed by atoms with Gasteiger partial charge >= 0.3 is 0 Å². The standard InChI is InChI=1S/C24H41N5O2/c1-20(2)31-17-9-8-14-25-24(26-18-23(30)28(3)4)27-22-12-15-29(16-13-22)19-21-10-6-5-7-11-21/h5-7,10-11,20,22H,8-9,12-19H2,1-4H3,(H2,25,26,27). The van der Waals surface area contributed by atoms with E-state index in [9.17, 15) is 4.79 Å². The van der Waals surface area contributed by atoms with Crippen molar-refractivity contribution < 1.29 is 9.53 Å². The number of hydrogen-bond acceptors (Lipinski definition) is 4. The van der Waals surface area contributed by atoms with E-state index < -0.39 is 0 Å². The summed E-state index contributed by atoms with van der Waals surface area (Å²) in [5.74, 6) is 0.741. The molecule has 2 rings (SSSR count). The molecule has 7 heteroatoms. The van der Waals surface area contributed by atoms with E-state index in [0.717, 1.165) is 64.4 Å². The summed E-state index contributed by atoms with van der Waals surface area (Å²) in [5.41, 5.74) is 1.36. The molecule has 1 aromatic carbocycles. The number of carbonyl (C=O) groups excluding carboxylic acids is 1. The first-order chi connectivity index (χ1) is 14.9. The topological polar surface area (TPSA) is 69.2 Å². The average molecular weight is 432 g/mol. The maximum atomic E-state index is 12.0. The first kappa shape index (κ1) is 25.1. The number of hydrogen-bond donors (Lipinski definition) is 2. The summed E-state index contributed by atoms with van der Waals surface area (Å²) in [6.45, 7) is 8.98. The summed E-state index contributed by atoms with van der Waals surface area (Å²) < 4.78 is 5.60. The smallest absolute Gasteiger partial charge is 0.243 e. The minimum Gasteiger partial charge on any atom is -0.379 e. The highest BCUT2D eigenvalue weighted by Gasteiger charge is 2.20. The molecule has 0 aliphatic carbocycles. The van der Waals surface area contributed by atoms with Crippen LogP contribution in [0.3, 0.4) is 0 Å². The van der Waals surface area contributed by atoms with Crippen molar-refractivity contribution in [2.45, 2.75) is 58.2 Å². The highest BCUT2D eigenvalue weighted by molar-refractivity contribution is 5.84. The number of piperidine rings is 1. The second kappa shape index (κ2) is 14.0. The zero-order chi connectivity index (χ0) is 22.5. The van der Waals surface area contributed by atoms with Crippen molar-refractivity contribution in [3.63, 3.8) is 0 Å². The molecule has 1 aliphatic heterocycles. The van der Waals surface area contributed by atoms with E-state index >= 15 is 0 Å². The summed E-state index contributed by atoms with van der Waals surface area (Å²) in [4.78, 5) is 20.6. The number of amides is 1. The van der Waals surface area contributed by atoms with Crippen LogP contribution in [0.25, 0.3) is 0 Å². The van der Waals surface area contributed by atoms with Gasteiger partial charge in [0, 0.05) is 52.9 Å². The van der Waals surface area contributed by atoms with Gasteiger partial charge in [-0.05, 0) is 45.1 Å². The lowest BCUT2D eigenvalue weighted by molar-refractivity contribution is -0.127. The predicted octanol–water partition coefficient (Wildman–Crippen LogP) is 2.48. The molecule has 174 valence electrons. The lowest BCUT2D eigenvalue weighted by Gasteiger charge is -2.33. The number of likely N-dealkylation sites (tertiary alicyclic amines) is 1. The lowest BCUT2D eigenvalue weighted by Crippen LogP contribution is -2.49. The van der Waals surface area contributed by atoms with E-state index in [1.54, 1.807) is 19.0 Å². The van der Waals surface area contributed by atoms with Gasteiger partial charge in [-0.1, -0.05) is 30.3 Å². The SMILES string of the molecule is CC(C)OCCCCNC(=NCC(=O)N(C)C)NC1CCN(Cc2ccccc2)CC1. The van der Waals surface area contributed by atoms with Gasteiger partial charge in [-0.3, -0.25) is 9.69 Å². The Hall–Kier alpha value is -2.12. The Morgan fingerprint density at radius 1 is 1.19 bits per heavy atom. The second-order valence-electron chi connectivity index (χ2n) is 8.69. The maximum absolute atomic E-state index is 12.0. The molecule has 0 atom stereocenters. The van der Waals surface area contributed by atoms with Crippen molar-refractivity contribution in [2.75, 3.05) is 46.9 Å². The number of guanidine groups is 1. The van der Waals surface area contributed by atoms with E-state index in [2.05, 4.69) is 64.7 Å². The quantitative estimate of drug-likeness (QED) is 0.320. The molecule has 0 saturated carbocycles. The third-order valence-corrected chi connectivity index (χ3v) is 5.36. The summed E-state index contributed by atoms with van der Waals surface area (Å²) in [6.07, 6.45) is 4.42. The van der Waals surface area contributed by atoms with E-state index in [0.29, 0.717) is 6.04 Å². The van der Waals surface area contributed by atoms with Gasteiger partial charge in [0.1, 0.15) is 6.54 Å². The molecule has 2 N–H and O–H groups in total. The molecule has 0 spiro atoms. The Balaban J connectivity index is 1.78. The van der Waals surface area contributed by atoms with Crippen LogP contribution in [0, 0.1) is 0 Å². The van der Waals surface area contributed by atoms with E-state index in [1.165, 1.54) is 5.56 Å². The first-order valence-corrected chi connectivity index (χ1v) is 11.6. The fraction of sp³-hybridized carbons (Fsp3) is 0.667.